The fourth-order valence-corrected chi connectivity index (χ4v) is 3.80. The standard InChI is InChI=1S/C22H28N4O3.HI/c1-23-22(24-10-9-17-7-8-20-21(15-17)29-16-28-20)26-13-11-25(12-14-26)18-5-3-4-6-19(18)27-2;/h3-8,15H,9-14,16H2,1-2H3,(H,23,24);1H. The second-order valence-corrected chi connectivity index (χ2v) is 7.06. The normalized spacial score (nSPS) is 15.6. The van der Waals surface area contributed by atoms with Crippen molar-refractivity contribution in [2.45, 2.75) is 6.42 Å². The van der Waals surface area contributed by atoms with Crippen molar-refractivity contribution < 1.29 is 14.2 Å². The molecule has 0 aliphatic carbocycles. The average molecular weight is 524 g/mol. The number of guanidine groups is 1. The number of rotatable bonds is 5. The number of hydrogen-bond acceptors (Lipinski definition) is 5. The van der Waals surface area contributed by atoms with Crippen LogP contribution in [0.3, 0.4) is 0 Å². The molecule has 0 amide bonds. The summed E-state index contributed by atoms with van der Waals surface area (Å²) in [5.41, 5.74) is 2.37. The van der Waals surface area contributed by atoms with Crippen LogP contribution < -0.4 is 24.4 Å². The average Bonchev–Trinajstić information content (AvgIpc) is 3.25. The Bertz CT molecular complexity index is 869. The number of ether oxygens (including phenoxy) is 3. The van der Waals surface area contributed by atoms with Gasteiger partial charge in [0.05, 0.1) is 12.8 Å². The number of piperazine rings is 1. The summed E-state index contributed by atoms with van der Waals surface area (Å²) in [5, 5.41) is 3.49. The highest BCUT2D eigenvalue weighted by Crippen LogP contribution is 2.32. The molecule has 0 spiro atoms. The van der Waals surface area contributed by atoms with E-state index >= 15 is 0 Å². The zero-order valence-electron chi connectivity index (χ0n) is 17.5. The fraction of sp³-hybridized carbons (Fsp3) is 0.409. The van der Waals surface area contributed by atoms with E-state index in [0.29, 0.717) is 6.79 Å². The largest absolute Gasteiger partial charge is 0.495 e. The molecule has 8 heteroatoms. The van der Waals surface area contributed by atoms with Crippen LogP contribution in [-0.4, -0.2) is 64.5 Å². The predicted molar refractivity (Wildman–Crippen MR) is 130 cm³/mol. The first-order valence-electron chi connectivity index (χ1n) is 10.0. The molecule has 0 atom stereocenters. The van der Waals surface area contributed by atoms with E-state index in [1.807, 2.05) is 25.2 Å². The van der Waals surface area contributed by atoms with Crippen molar-refractivity contribution in [1.29, 1.82) is 0 Å². The van der Waals surface area contributed by atoms with Gasteiger partial charge in [0.15, 0.2) is 17.5 Å². The van der Waals surface area contributed by atoms with Gasteiger partial charge in [-0.05, 0) is 36.2 Å². The molecule has 30 heavy (non-hydrogen) atoms. The summed E-state index contributed by atoms with van der Waals surface area (Å²) < 4.78 is 16.3. The number of hydrogen-bond donors (Lipinski definition) is 1. The van der Waals surface area contributed by atoms with Gasteiger partial charge in [0.25, 0.3) is 0 Å². The van der Waals surface area contributed by atoms with Crippen LogP contribution in [0, 0.1) is 0 Å². The van der Waals surface area contributed by atoms with Gasteiger partial charge < -0.3 is 29.3 Å². The van der Waals surface area contributed by atoms with E-state index in [2.05, 4.69) is 44.4 Å². The summed E-state index contributed by atoms with van der Waals surface area (Å²) in [6, 6.07) is 14.3. The lowest BCUT2D eigenvalue weighted by Crippen LogP contribution is -2.52. The van der Waals surface area contributed by atoms with Gasteiger partial charge in [-0.1, -0.05) is 18.2 Å². The number of benzene rings is 2. The summed E-state index contributed by atoms with van der Waals surface area (Å²) >= 11 is 0. The van der Waals surface area contributed by atoms with Gasteiger partial charge in [-0.25, -0.2) is 0 Å². The summed E-state index contributed by atoms with van der Waals surface area (Å²) in [4.78, 5) is 9.16. The molecule has 162 valence electrons. The monoisotopic (exact) mass is 524 g/mol. The first-order chi connectivity index (χ1) is 14.3. The molecule has 2 aromatic carbocycles. The lowest BCUT2D eigenvalue weighted by atomic mass is 10.1. The van der Waals surface area contributed by atoms with Crippen molar-refractivity contribution >= 4 is 35.6 Å². The summed E-state index contributed by atoms with van der Waals surface area (Å²) in [7, 11) is 3.57. The molecule has 2 heterocycles. The first kappa shape index (κ1) is 22.3. The second kappa shape index (κ2) is 10.6. The fourth-order valence-electron chi connectivity index (χ4n) is 3.80. The Kier molecular flexibility index (Phi) is 7.89. The van der Waals surface area contributed by atoms with Crippen LogP contribution in [0.15, 0.2) is 47.5 Å². The number of halogens is 1. The van der Waals surface area contributed by atoms with Gasteiger partial charge in [-0.3, -0.25) is 4.99 Å². The number of nitrogens with one attached hydrogen (secondary N) is 1. The Hall–Kier alpha value is -2.36. The number of para-hydroxylation sites is 2. The van der Waals surface area contributed by atoms with Crippen LogP contribution in [0.2, 0.25) is 0 Å². The molecule has 1 fully saturated rings. The number of aliphatic imine (C=N–C) groups is 1. The molecule has 0 saturated carbocycles. The summed E-state index contributed by atoms with van der Waals surface area (Å²) in [6.45, 7) is 4.83. The summed E-state index contributed by atoms with van der Waals surface area (Å²) in [6.07, 6.45) is 0.900. The highest BCUT2D eigenvalue weighted by atomic mass is 127. The van der Waals surface area contributed by atoms with Crippen molar-refractivity contribution in [3.05, 3.63) is 48.0 Å². The lowest BCUT2D eigenvalue weighted by molar-refractivity contribution is 0.174. The molecule has 0 bridgehead atoms. The van der Waals surface area contributed by atoms with E-state index in [0.717, 1.165) is 68.0 Å². The van der Waals surface area contributed by atoms with Crippen molar-refractivity contribution in [3.63, 3.8) is 0 Å². The number of anilines is 1. The van der Waals surface area contributed by atoms with Gasteiger partial charge in [0, 0.05) is 39.8 Å². The molecule has 2 aliphatic rings. The molecule has 0 unspecified atom stereocenters. The topological polar surface area (TPSA) is 58.6 Å². The summed E-state index contributed by atoms with van der Waals surface area (Å²) in [5.74, 6) is 3.53. The van der Waals surface area contributed by atoms with Gasteiger partial charge in [0.2, 0.25) is 6.79 Å². The molecular formula is C22H29IN4O3. The van der Waals surface area contributed by atoms with Crippen LogP contribution in [0.4, 0.5) is 5.69 Å². The number of nitrogens with zero attached hydrogens (tertiary/aromatic N) is 3. The Morgan fingerprint density at radius 2 is 1.83 bits per heavy atom. The van der Waals surface area contributed by atoms with Crippen LogP contribution in [0.25, 0.3) is 0 Å². The minimum atomic E-state index is 0. The van der Waals surface area contributed by atoms with Crippen molar-refractivity contribution in [2.24, 2.45) is 4.99 Å². The quantitative estimate of drug-likeness (QED) is 0.369. The predicted octanol–water partition coefficient (Wildman–Crippen LogP) is 2.98. The molecule has 1 N–H and O–H groups in total. The molecule has 2 aliphatic heterocycles. The minimum Gasteiger partial charge on any atom is -0.495 e. The molecule has 0 radical (unpaired) electrons. The molecular weight excluding hydrogens is 495 g/mol. The Morgan fingerprint density at radius 1 is 1.07 bits per heavy atom. The van der Waals surface area contributed by atoms with Gasteiger partial charge in [-0.15, -0.1) is 24.0 Å². The lowest BCUT2D eigenvalue weighted by Gasteiger charge is -2.38. The molecule has 1 saturated heterocycles. The molecule has 0 aromatic heterocycles. The van der Waals surface area contributed by atoms with Crippen molar-refractivity contribution in [2.75, 3.05) is 58.6 Å². The SMILES string of the molecule is CN=C(NCCc1ccc2c(c1)OCO2)N1CCN(c2ccccc2OC)CC1.I. The van der Waals surface area contributed by atoms with Crippen molar-refractivity contribution in [1.82, 2.24) is 10.2 Å². The molecule has 4 rings (SSSR count). The number of methoxy groups -OCH3 is 1. The zero-order valence-corrected chi connectivity index (χ0v) is 19.8. The van der Waals surface area contributed by atoms with E-state index in [4.69, 9.17) is 14.2 Å². The Labute approximate surface area is 195 Å². The second-order valence-electron chi connectivity index (χ2n) is 7.06. The molecule has 7 nitrogen and oxygen atoms in total. The third-order valence-electron chi connectivity index (χ3n) is 5.35. The highest BCUT2D eigenvalue weighted by Gasteiger charge is 2.21. The van der Waals surface area contributed by atoms with E-state index in [-0.39, 0.29) is 24.0 Å². The van der Waals surface area contributed by atoms with Gasteiger partial charge >= 0.3 is 0 Å². The van der Waals surface area contributed by atoms with Crippen LogP contribution in [0.1, 0.15) is 5.56 Å². The maximum atomic E-state index is 5.51. The van der Waals surface area contributed by atoms with Crippen molar-refractivity contribution in [3.8, 4) is 17.2 Å². The van der Waals surface area contributed by atoms with E-state index in [1.165, 1.54) is 5.56 Å². The van der Waals surface area contributed by atoms with E-state index < -0.39 is 0 Å². The van der Waals surface area contributed by atoms with Gasteiger partial charge in [-0.2, -0.15) is 0 Å². The van der Waals surface area contributed by atoms with E-state index in [9.17, 15) is 0 Å². The highest BCUT2D eigenvalue weighted by molar-refractivity contribution is 14.0. The van der Waals surface area contributed by atoms with Gasteiger partial charge in [0.1, 0.15) is 5.75 Å². The zero-order chi connectivity index (χ0) is 20.1. The van der Waals surface area contributed by atoms with E-state index in [1.54, 1.807) is 7.11 Å². The van der Waals surface area contributed by atoms with Crippen LogP contribution in [0.5, 0.6) is 17.2 Å². The molecule has 2 aromatic rings. The number of fused-ring (bicyclic) bond motifs is 1. The Morgan fingerprint density at radius 3 is 2.60 bits per heavy atom. The smallest absolute Gasteiger partial charge is 0.231 e. The maximum absolute atomic E-state index is 5.51. The Balaban J connectivity index is 0.00000256. The maximum Gasteiger partial charge on any atom is 0.231 e. The van der Waals surface area contributed by atoms with Crippen LogP contribution in [-0.2, 0) is 6.42 Å². The third-order valence-corrected chi connectivity index (χ3v) is 5.35. The van der Waals surface area contributed by atoms with Crippen LogP contribution >= 0.6 is 24.0 Å². The third kappa shape index (κ3) is 5.03. The minimum absolute atomic E-state index is 0. The first-order valence-corrected chi connectivity index (χ1v) is 10.0.